The average Bonchev–Trinajstić information content (AvgIpc) is 2.66. The molecule has 0 aliphatic heterocycles. The van der Waals surface area contributed by atoms with Gasteiger partial charge in [-0.3, -0.25) is 9.48 Å². The summed E-state index contributed by atoms with van der Waals surface area (Å²) in [5.74, 6) is -0.273. The van der Waals surface area contributed by atoms with Crippen LogP contribution < -0.4 is 11.1 Å². The summed E-state index contributed by atoms with van der Waals surface area (Å²) in [6.45, 7) is 2.37. The maximum Gasteiger partial charge on any atom is 0.275 e. The van der Waals surface area contributed by atoms with Gasteiger partial charge in [0.05, 0.1) is 10.7 Å². The van der Waals surface area contributed by atoms with E-state index in [0.29, 0.717) is 28.6 Å². The Labute approximate surface area is 122 Å². The van der Waals surface area contributed by atoms with Crippen LogP contribution in [0.1, 0.15) is 21.7 Å². The number of anilines is 1. The molecule has 0 aliphatic rings. The fourth-order valence-corrected chi connectivity index (χ4v) is 2.24. The third kappa shape index (κ3) is 3.00. The third-order valence-corrected chi connectivity index (χ3v) is 3.46. The van der Waals surface area contributed by atoms with Gasteiger partial charge in [-0.05, 0) is 37.6 Å². The minimum Gasteiger partial charge on any atom is -0.330 e. The quantitative estimate of drug-likeness (QED) is 0.907. The number of hydrogen-bond donors (Lipinski definition) is 2. The lowest BCUT2D eigenvalue weighted by Crippen LogP contribution is -2.16. The van der Waals surface area contributed by atoms with Gasteiger partial charge in [0.2, 0.25) is 0 Å². The predicted octanol–water partition coefficient (Wildman–Crippen LogP) is 2.14. The van der Waals surface area contributed by atoms with Crippen molar-refractivity contribution in [3.05, 3.63) is 46.2 Å². The van der Waals surface area contributed by atoms with Crippen LogP contribution in [0.5, 0.6) is 0 Å². The summed E-state index contributed by atoms with van der Waals surface area (Å²) in [6, 6.07) is 7.58. The maximum absolute atomic E-state index is 12.2. The molecule has 1 aromatic carbocycles. The molecule has 0 atom stereocenters. The van der Waals surface area contributed by atoms with Crippen LogP contribution in [0.4, 0.5) is 5.69 Å². The number of nitrogens with one attached hydrogen (secondary N) is 1. The molecule has 0 saturated heterocycles. The molecule has 0 saturated carbocycles. The second-order valence-corrected chi connectivity index (χ2v) is 4.94. The molecular formula is C14H17ClN4O. The monoisotopic (exact) mass is 292 g/mol. The zero-order chi connectivity index (χ0) is 14.7. The van der Waals surface area contributed by atoms with E-state index in [1.54, 1.807) is 14.0 Å². The van der Waals surface area contributed by atoms with Gasteiger partial charge in [-0.1, -0.05) is 23.7 Å². The van der Waals surface area contributed by atoms with Crippen LogP contribution in [-0.2, 0) is 13.5 Å². The highest BCUT2D eigenvalue weighted by Gasteiger charge is 2.18. The van der Waals surface area contributed by atoms with E-state index in [-0.39, 0.29) is 5.91 Å². The van der Waals surface area contributed by atoms with Crippen molar-refractivity contribution in [1.29, 1.82) is 0 Å². The summed E-state index contributed by atoms with van der Waals surface area (Å²) in [5, 5.41) is 7.31. The minimum atomic E-state index is -0.273. The Balaban J connectivity index is 2.15. The van der Waals surface area contributed by atoms with Gasteiger partial charge < -0.3 is 11.1 Å². The summed E-state index contributed by atoms with van der Waals surface area (Å²) < 4.78 is 1.48. The molecule has 0 spiro atoms. The number of aryl methyl sites for hydroxylation is 2. The van der Waals surface area contributed by atoms with Gasteiger partial charge in [0.1, 0.15) is 5.69 Å². The van der Waals surface area contributed by atoms with Crippen LogP contribution in [0.15, 0.2) is 24.3 Å². The number of hydrogen-bond acceptors (Lipinski definition) is 3. The third-order valence-electron chi connectivity index (χ3n) is 3.01. The Morgan fingerprint density at radius 2 is 2.05 bits per heavy atom. The number of benzene rings is 1. The largest absolute Gasteiger partial charge is 0.330 e. The van der Waals surface area contributed by atoms with Crippen molar-refractivity contribution < 1.29 is 4.79 Å². The van der Waals surface area contributed by atoms with Gasteiger partial charge in [0.25, 0.3) is 5.91 Å². The number of carbonyl (C=O) groups excluding carboxylic acids is 1. The average molecular weight is 293 g/mol. The summed E-state index contributed by atoms with van der Waals surface area (Å²) in [6.07, 6.45) is 0.820. The van der Waals surface area contributed by atoms with Crippen LogP contribution in [0.3, 0.4) is 0 Å². The number of nitrogens with zero attached hydrogens (tertiary/aromatic N) is 2. The van der Waals surface area contributed by atoms with E-state index in [9.17, 15) is 4.79 Å². The zero-order valence-corrected chi connectivity index (χ0v) is 12.2. The van der Waals surface area contributed by atoms with E-state index in [2.05, 4.69) is 10.4 Å². The lowest BCUT2D eigenvalue weighted by molar-refractivity contribution is 0.101. The molecule has 0 bridgehead atoms. The van der Waals surface area contributed by atoms with E-state index >= 15 is 0 Å². The molecule has 106 valence electrons. The molecule has 2 rings (SSSR count). The van der Waals surface area contributed by atoms with Crippen molar-refractivity contribution >= 4 is 23.2 Å². The molecule has 20 heavy (non-hydrogen) atoms. The minimum absolute atomic E-state index is 0.273. The highest BCUT2D eigenvalue weighted by atomic mass is 35.5. The normalized spacial score (nSPS) is 10.6. The first-order chi connectivity index (χ1) is 9.52. The number of halogens is 1. The smallest absolute Gasteiger partial charge is 0.275 e. The topological polar surface area (TPSA) is 72.9 Å². The van der Waals surface area contributed by atoms with E-state index < -0.39 is 0 Å². The van der Waals surface area contributed by atoms with Crippen LogP contribution in [-0.4, -0.2) is 22.2 Å². The van der Waals surface area contributed by atoms with Gasteiger partial charge in [-0.25, -0.2) is 0 Å². The molecule has 6 heteroatoms. The van der Waals surface area contributed by atoms with Gasteiger partial charge in [-0.2, -0.15) is 5.10 Å². The second-order valence-electron chi connectivity index (χ2n) is 4.56. The lowest BCUT2D eigenvalue weighted by atomic mass is 10.1. The Kier molecular flexibility index (Phi) is 4.42. The number of amides is 1. The van der Waals surface area contributed by atoms with E-state index in [1.165, 1.54) is 4.68 Å². The van der Waals surface area contributed by atoms with Crippen LogP contribution in [0, 0.1) is 6.92 Å². The highest BCUT2D eigenvalue weighted by molar-refractivity contribution is 6.34. The Hall–Kier alpha value is -1.85. The number of rotatable bonds is 4. The molecule has 0 radical (unpaired) electrons. The summed E-state index contributed by atoms with van der Waals surface area (Å²) >= 11 is 6.08. The standard InChI is InChI=1S/C14H17ClN4O/c1-9-12(15)13(19(2)18-9)14(20)17-11-5-3-10(4-6-11)7-8-16/h3-6H,7-8,16H2,1-2H3,(H,17,20). The van der Waals surface area contributed by atoms with Crippen LogP contribution in [0.2, 0.25) is 5.02 Å². The van der Waals surface area contributed by atoms with Gasteiger partial charge in [0.15, 0.2) is 0 Å². The zero-order valence-electron chi connectivity index (χ0n) is 11.5. The molecule has 0 unspecified atom stereocenters. The fraction of sp³-hybridized carbons (Fsp3) is 0.286. The molecule has 0 aliphatic carbocycles. The highest BCUT2D eigenvalue weighted by Crippen LogP contribution is 2.20. The number of aromatic nitrogens is 2. The second kappa shape index (κ2) is 6.07. The summed E-state index contributed by atoms with van der Waals surface area (Å²) in [5.41, 5.74) is 8.34. The van der Waals surface area contributed by atoms with Crippen molar-refractivity contribution in [3.63, 3.8) is 0 Å². The van der Waals surface area contributed by atoms with E-state index in [4.69, 9.17) is 17.3 Å². The lowest BCUT2D eigenvalue weighted by Gasteiger charge is -2.07. The van der Waals surface area contributed by atoms with Crippen molar-refractivity contribution in [2.24, 2.45) is 12.8 Å². The van der Waals surface area contributed by atoms with Crippen molar-refractivity contribution in [1.82, 2.24) is 9.78 Å². The molecule has 1 amide bonds. The SMILES string of the molecule is Cc1nn(C)c(C(=O)Nc2ccc(CCN)cc2)c1Cl. The summed E-state index contributed by atoms with van der Waals surface area (Å²) in [7, 11) is 1.69. The van der Waals surface area contributed by atoms with Crippen molar-refractivity contribution in [3.8, 4) is 0 Å². The molecule has 3 N–H and O–H groups in total. The number of carbonyl (C=O) groups is 1. The predicted molar refractivity (Wildman–Crippen MR) is 80.1 cm³/mol. The Bertz CT molecular complexity index is 619. The van der Waals surface area contributed by atoms with Crippen LogP contribution in [0.25, 0.3) is 0 Å². The van der Waals surface area contributed by atoms with Crippen molar-refractivity contribution in [2.45, 2.75) is 13.3 Å². The van der Waals surface area contributed by atoms with E-state index in [0.717, 1.165) is 12.0 Å². The van der Waals surface area contributed by atoms with Crippen LogP contribution >= 0.6 is 11.6 Å². The molecule has 1 heterocycles. The first-order valence-electron chi connectivity index (χ1n) is 6.32. The van der Waals surface area contributed by atoms with Gasteiger partial charge >= 0.3 is 0 Å². The van der Waals surface area contributed by atoms with E-state index in [1.807, 2.05) is 24.3 Å². The Morgan fingerprint density at radius 1 is 1.40 bits per heavy atom. The fourth-order valence-electron chi connectivity index (χ4n) is 1.99. The van der Waals surface area contributed by atoms with Gasteiger partial charge in [0, 0.05) is 12.7 Å². The molecule has 2 aromatic rings. The molecule has 0 fully saturated rings. The first-order valence-corrected chi connectivity index (χ1v) is 6.70. The molecule has 1 aromatic heterocycles. The summed E-state index contributed by atoms with van der Waals surface area (Å²) in [4.78, 5) is 12.2. The first kappa shape index (κ1) is 14.6. The maximum atomic E-state index is 12.2. The number of nitrogens with two attached hydrogens (primary N) is 1. The Morgan fingerprint density at radius 3 is 2.55 bits per heavy atom. The van der Waals surface area contributed by atoms with Crippen molar-refractivity contribution in [2.75, 3.05) is 11.9 Å². The van der Waals surface area contributed by atoms with Gasteiger partial charge in [-0.15, -0.1) is 0 Å². The molecular weight excluding hydrogens is 276 g/mol. The molecule has 5 nitrogen and oxygen atoms in total.